The molecule has 0 spiro atoms. The van der Waals surface area contributed by atoms with Crippen LogP contribution in [0.3, 0.4) is 0 Å². The van der Waals surface area contributed by atoms with Gasteiger partial charge in [-0.25, -0.2) is 9.98 Å². The van der Waals surface area contributed by atoms with E-state index in [0.29, 0.717) is 18.3 Å². The molecule has 0 amide bonds. The molecule has 0 saturated carbocycles. The molecule has 2 atom stereocenters. The number of hydrogen-bond donors (Lipinski definition) is 2. The van der Waals surface area contributed by atoms with E-state index in [1.54, 1.807) is 19.1 Å². The first-order valence-corrected chi connectivity index (χ1v) is 8.77. The number of pyridine rings is 1. The molecular weight excluding hydrogens is 328 g/mol. The van der Waals surface area contributed by atoms with Gasteiger partial charge >= 0.3 is 0 Å². The third-order valence-electron chi connectivity index (χ3n) is 4.92. The molecule has 0 saturated heterocycles. The lowest BCUT2D eigenvalue weighted by Gasteiger charge is -2.38. The Hall–Kier alpha value is -2.60. The number of rotatable bonds is 5. The Labute approximate surface area is 154 Å². The monoisotopic (exact) mass is 354 g/mol. The van der Waals surface area contributed by atoms with Crippen LogP contribution in [0.15, 0.2) is 47.5 Å². The van der Waals surface area contributed by atoms with Gasteiger partial charge in [0.25, 0.3) is 0 Å². The Bertz CT molecular complexity index is 808. The molecule has 26 heavy (non-hydrogen) atoms. The molecule has 1 aliphatic rings. The van der Waals surface area contributed by atoms with Gasteiger partial charge in [0.05, 0.1) is 18.3 Å². The number of aliphatic hydroxyl groups excluding tert-OH is 1. The van der Waals surface area contributed by atoms with E-state index in [0.717, 1.165) is 24.1 Å². The standard InChI is InChI=1S/C20H26N4O2/c1-20(13-18(25)24(2)19(21)23-20)11-10-14-6-4-7-15(12-14)16-8-5-9-17(22-16)26-3/h4-9,12,18,25H,10-11,13H2,1-3H3,(H2,21,23). The molecule has 3 N–H and O–H groups in total. The first kappa shape index (κ1) is 18.2. The minimum absolute atomic E-state index is 0.361. The number of aryl methyl sites for hydroxylation is 1. The fraction of sp³-hybridized carbons (Fsp3) is 0.400. The van der Waals surface area contributed by atoms with Crippen molar-refractivity contribution in [1.82, 2.24) is 9.88 Å². The molecule has 1 aliphatic heterocycles. The van der Waals surface area contributed by atoms with E-state index in [1.165, 1.54) is 5.56 Å². The van der Waals surface area contributed by atoms with Crippen LogP contribution in [0.4, 0.5) is 0 Å². The lowest BCUT2D eigenvalue weighted by molar-refractivity contribution is 0.0284. The van der Waals surface area contributed by atoms with Gasteiger partial charge in [0, 0.05) is 25.1 Å². The molecule has 3 rings (SSSR count). The van der Waals surface area contributed by atoms with Crippen molar-refractivity contribution in [2.24, 2.45) is 10.7 Å². The molecule has 1 aromatic carbocycles. The number of nitrogens with two attached hydrogens (primary N) is 1. The van der Waals surface area contributed by atoms with Crippen LogP contribution in [0.25, 0.3) is 11.3 Å². The SMILES string of the molecule is COc1cccc(-c2cccc(CCC3(C)CC(O)N(C)C(N)=N3)c2)n1. The van der Waals surface area contributed by atoms with Crippen LogP contribution in [-0.2, 0) is 6.42 Å². The van der Waals surface area contributed by atoms with Crippen molar-refractivity contribution in [2.75, 3.05) is 14.2 Å². The summed E-state index contributed by atoms with van der Waals surface area (Å²) in [5.41, 5.74) is 8.72. The van der Waals surface area contributed by atoms with E-state index in [-0.39, 0.29) is 5.54 Å². The van der Waals surface area contributed by atoms with Gasteiger partial charge in [-0.3, -0.25) is 0 Å². The van der Waals surface area contributed by atoms with Crippen molar-refractivity contribution in [1.29, 1.82) is 0 Å². The number of guanidine groups is 1. The molecule has 0 fully saturated rings. The summed E-state index contributed by atoms with van der Waals surface area (Å²) in [4.78, 5) is 10.7. The molecule has 2 heterocycles. The van der Waals surface area contributed by atoms with Gasteiger partial charge < -0.3 is 20.5 Å². The van der Waals surface area contributed by atoms with E-state index in [1.807, 2.05) is 37.3 Å². The van der Waals surface area contributed by atoms with E-state index in [2.05, 4.69) is 22.1 Å². The third kappa shape index (κ3) is 3.96. The van der Waals surface area contributed by atoms with Crippen LogP contribution >= 0.6 is 0 Å². The van der Waals surface area contributed by atoms with E-state index < -0.39 is 6.23 Å². The molecule has 6 heteroatoms. The van der Waals surface area contributed by atoms with Crippen molar-refractivity contribution < 1.29 is 9.84 Å². The first-order valence-electron chi connectivity index (χ1n) is 8.77. The second-order valence-corrected chi connectivity index (χ2v) is 7.03. The summed E-state index contributed by atoms with van der Waals surface area (Å²) in [6, 6.07) is 14.1. The molecule has 2 unspecified atom stereocenters. The normalized spacial score (nSPS) is 22.8. The highest BCUT2D eigenvalue weighted by Gasteiger charge is 2.34. The topological polar surface area (TPSA) is 84.0 Å². The number of ether oxygens (including phenoxy) is 1. The Morgan fingerprint density at radius 3 is 2.81 bits per heavy atom. The van der Waals surface area contributed by atoms with Crippen molar-refractivity contribution in [2.45, 2.75) is 38.0 Å². The zero-order chi connectivity index (χ0) is 18.7. The largest absolute Gasteiger partial charge is 0.481 e. The smallest absolute Gasteiger partial charge is 0.213 e. The van der Waals surface area contributed by atoms with Crippen molar-refractivity contribution in [3.05, 3.63) is 48.0 Å². The fourth-order valence-corrected chi connectivity index (χ4v) is 3.23. The Morgan fingerprint density at radius 1 is 1.31 bits per heavy atom. The fourth-order valence-electron chi connectivity index (χ4n) is 3.23. The van der Waals surface area contributed by atoms with Gasteiger partial charge in [0.1, 0.15) is 6.23 Å². The quantitative estimate of drug-likeness (QED) is 0.861. The van der Waals surface area contributed by atoms with Crippen LogP contribution in [0.1, 0.15) is 25.3 Å². The number of hydrogen-bond acceptors (Lipinski definition) is 6. The maximum absolute atomic E-state index is 10.2. The van der Waals surface area contributed by atoms with Crippen LogP contribution < -0.4 is 10.5 Å². The average Bonchev–Trinajstić information content (AvgIpc) is 2.65. The predicted octanol–water partition coefficient (Wildman–Crippen LogP) is 2.42. The summed E-state index contributed by atoms with van der Waals surface area (Å²) in [5.74, 6) is 0.992. The first-order chi connectivity index (χ1) is 12.4. The number of benzene rings is 1. The highest BCUT2D eigenvalue weighted by atomic mass is 16.5. The van der Waals surface area contributed by atoms with Gasteiger partial charge in [-0.05, 0) is 37.5 Å². The lowest BCUT2D eigenvalue weighted by Crippen LogP contribution is -2.51. The zero-order valence-corrected chi connectivity index (χ0v) is 15.5. The number of nitrogens with zero attached hydrogens (tertiary/aromatic N) is 3. The maximum atomic E-state index is 10.2. The number of aromatic nitrogens is 1. The summed E-state index contributed by atoms with van der Waals surface area (Å²) >= 11 is 0. The van der Waals surface area contributed by atoms with Crippen LogP contribution in [-0.4, -0.2) is 46.9 Å². The van der Waals surface area contributed by atoms with Crippen molar-refractivity contribution in [3.8, 4) is 17.1 Å². The van der Waals surface area contributed by atoms with Crippen molar-refractivity contribution in [3.63, 3.8) is 0 Å². The molecule has 2 aromatic rings. The molecule has 138 valence electrons. The molecule has 6 nitrogen and oxygen atoms in total. The second kappa shape index (κ2) is 7.33. The van der Waals surface area contributed by atoms with Crippen LogP contribution in [0, 0.1) is 0 Å². The van der Waals surface area contributed by atoms with E-state index in [4.69, 9.17) is 10.5 Å². The zero-order valence-electron chi connectivity index (χ0n) is 15.5. The lowest BCUT2D eigenvalue weighted by atomic mass is 9.88. The van der Waals surface area contributed by atoms with Crippen LogP contribution in [0.2, 0.25) is 0 Å². The Kier molecular flexibility index (Phi) is 5.13. The minimum Gasteiger partial charge on any atom is -0.481 e. The maximum Gasteiger partial charge on any atom is 0.213 e. The minimum atomic E-state index is -0.593. The highest BCUT2D eigenvalue weighted by Crippen LogP contribution is 2.29. The molecule has 0 aliphatic carbocycles. The van der Waals surface area contributed by atoms with Gasteiger partial charge in [0.2, 0.25) is 5.88 Å². The number of aliphatic imine (C=N–C) groups is 1. The van der Waals surface area contributed by atoms with Crippen molar-refractivity contribution >= 4 is 5.96 Å². The number of aliphatic hydroxyl groups is 1. The van der Waals surface area contributed by atoms with Gasteiger partial charge in [-0.2, -0.15) is 0 Å². The van der Waals surface area contributed by atoms with Gasteiger partial charge in [-0.15, -0.1) is 0 Å². The average molecular weight is 354 g/mol. The second-order valence-electron chi connectivity index (χ2n) is 7.03. The molecule has 1 aromatic heterocycles. The summed E-state index contributed by atoms with van der Waals surface area (Å²) in [7, 11) is 3.37. The van der Waals surface area contributed by atoms with Crippen LogP contribution in [0.5, 0.6) is 5.88 Å². The Morgan fingerprint density at radius 2 is 2.08 bits per heavy atom. The third-order valence-corrected chi connectivity index (χ3v) is 4.92. The summed E-state index contributed by atoms with van der Waals surface area (Å²) in [6.45, 7) is 2.05. The molecule has 0 bridgehead atoms. The van der Waals surface area contributed by atoms with E-state index >= 15 is 0 Å². The predicted molar refractivity (Wildman–Crippen MR) is 103 cm³/mol. The van der Waals surface area contributed by atoms with E-state index in [9.17, 15) is 5.11 Å². The summed E-state index contributed by atoms with van der Waals surface area (Å²) < 4.78 is 5.21. The van der Waals surface area contributed by atoms with Gasteiger partial charge in [-0.1, -0.05) is 24.3 Å². The van der Waals surface area contributed by atoms with Gasteiger partial charge in [0.15, 0.2) is 5.96 Å². The summed E-state index contributed by atoms with van der Waals surface area (Å²) in [6.07, 6.45) is 1.64. The molecular formula is C20H26N4O2. The Balaban J connectivity index is 1.75. The number of methoxy groups -OCH3 is 1. The highest BCUT2D eigenvalue weighted by molar-refractivity contribution is 5.79. The summed E-state index contributed by atoms with van der Waals surface area (Å²) in [5, 5.41) is 10.2. The molecule has 0 radical (unpaired) electrons.